The van der Waals surface area contributed by atoms with Crippen molar-refractivity contribution in [3.63, 3.8) is 0 Å². The van der Waals surface area contributed by atoms with Crippen molar-refractivity contribution in [3.8, 4) is 0 Å². The predicted octanol–water partition coefficient (Wildman–Crippen LogP) is 2.33. The number of amides is 1. The van der Waals surface area contributed by atoms with E-state index >= 15 is 0 Å². The minimum absolute atomic E-state index is 0.253. The third kappa shape index (κ3) is 2.45. The molecule has 3 unspecified atom stereocenters. The summed E-state index contributed by atoms with van der Waals surface area (Å²) in [4.78, 5) is 14.7. The van der Waals surface area contributed by atoms with Gasteiger partial charge in [-0.15, -0.1) is 0 Å². The number of hydrogen-bond acceptors (Lipinski definition) is 2. The highest BCUT2D eigenvalue weighted by Gasteiger charge is 2.44. The third-order valence-corrected chi connectivity index (χ3v) is 5.10. The Kier molecular flexibility index (Phi) is 3.20. The minimum Gasteiger partial charge on any atom is -0.338 e. The van der Waals surface area contributed by atoms with E-state index in [0.717, 1.165) is 25.9 Å². The molecule has 2 bridgehead atoms. The van der Waals surface area contributed by atoms with Crippen LogP contribution < -0.4 is 5.32 Å². The van der Waals surface area contributed by atoms with E-state index in [-0.39, 0.29) is 11.3 Å². The second kappa shape index (κ2) is 4.62. The van der Waals surface area contributed by atoms with Crippen molar-refractivity contribution < 1.29 is 4.79 Å². The van der Waals surface area contributed by atoms with E-state index < -0.39 is 0 Å². The SMILES string of the molecule is CC(C)(C)C1=CCN(C(=O)C2CC3CCC2N3)CC1. The van der Waals surface area contributed by atoms with E-state index in [2.05, 4.69) is 37.1 Å². The van der Waals surface area contributed by atoms with Crippen LogP contribution in [0.4, 0.5) is 0 Å². The normalized spacial score (nSPS) is 34.6. The smallest absolute Gasteiger partial charge is 0.227 e. The Bertz CT molecular complexity index is 407. The van der Waals surface area contributed by atoms with Crippen LogP contribution in [0.5, 0.6) is 0 Å². The van der Waals surface area contributed by atoms with Crippen molar-refractivity contribution in [3.05, 3.63) is 11.6 Å². The number of hydrogen-bond donors (Lipinski definition) is 1. The van der Waals surface area contributed by atoms with E-state index in [1.54, 1.807) is 0 Å². The van der Waals surface area contributed by atoms with Crippen LogP contribution in [0.3, 0.4) is 0 Å². The van der Waals surface area contributed by atoms with Gasteiger partial charge in [0.15, 0.2) is 0 Å². The zero-order chi connectivity index (χ0) is 13.6. The molecule has 3 atom stereocenters. The largest absolute Gasteiger partial charge is 0.338 e. The molecule has 106 valence electrons. The number of carbonyl (C=O) groups excluding carboxylic acids is 1. The van der Waals surface area contributed by atoms with Crippen molar-refractivity contribution in [2.45, 2.75) is 58.5 Å². The first-order valence-corrected chi connectivity index (χ1v) is 7.69. The Hall–Kier alpha value is -0.830. The molecule has 19 heavy (non-hydrogen) atoms. The average molecular weight is 262 g/mol. The van der Waals surface area contributed by atoms with Crippen molar-refractivity contribution in [1.29, 1.82) is 0 Å². The summed E-state index contributed by atoms with van der Waals surface area (Å²) in [7, 11) is 0. The molecule has 3 nitrogen and oxygen atoms in total. The predicted molar refractivity (Wildman–Crippen MR) is 76.8 cm³/mol. The standard InChI is InChI=1S/C16H26N2O/c1-16(2,3)11-6-8-18(9-7-11)15(19)13-10-12-4-5-14(13)17-12/h6,12-14,17H,4-5,7-10H2,1-3H3. The highest BCUT2D eigenvalue weighted by Crippen LogP contribution is 2.36. The molecule has 3 heterocycles. The zero-order valence-electron chi connectivity index (χ0n) is 12.4. The van der Waals surface area contributed by atoms with Crippen LogP contribution in [-0.2, 0) is 4.79 Å². The summed E-state index contributed by atoms with van der Waals surface area (Å²) in [6, 6.07) is 1.08. The topological polar surface area (TPSA) is 32.3 Å². The molecule has 1 amide bonds. The molecule has 0 aromatic rings. The van der Waals surface area contributed by atoms with Crippen molar-refractivity contribution >= 4 is 5.91 Å². The summed E-state index contributed by atoms with van der Waals surface area (Å²) in [5, 5.41) is 3.57. The molecule has 0 spiro atoms. The number of nitrogens with one attached hydrogen (secondary N) is 1. The lowest BCUT2D eigenvalue weighted by Gasteiger charge is -2.34. The summed E-state index contributed by atoms with van der Waals surface area (Å²) >= 11 is 0. The fraction of sp³-hybridized carbons (Fsp3) is 0.812. The summed E-state index contributed by atoms with van der Waals surface area (Å²) in [5.74, 6) is 0.646. The third-order valence-electron chi connectivity index (χ3n) is 5.10. The maximum absolute atomic E-state index is 12.6. The molecule has 0 aliphatic carbocycles. The van der Waals surface area contributed by atoms with Gasteiger partial charge in [0, 0.05) is 25.2 Å². The van der Waals surface area contributed by atoms with Gasteiger partial charge in [-0.2, -0.15) is 0 Å². The van der Waals surface area contributed by atoms with Crippen molar-refractivity contribution in [1.82, 2.24) is 10.2 Å². The Labute approximate surface area is 116 Å². The molecule has 0 aromatic heterocycles. The van der Waals surface area contributed by atoms with E-state index in [1.165, 1.54) is 18.4 Å². The van der Waals surface area contributed by atoms with Crippen LogP contribution in [0.1, 0.15) is 46.5 Å². The second-order valence-electron chi connectivity index (χ2n) is 7.40. The summed E-state index contributed by atoms with van der Waals surface area (Å²) in [5.41, 5.74) is 1.76. The molecule has 2 fully saturated rings. The quantitative estimate of drug-likeness (QED) is 0.736. The highest BCUT2D eigenvalue weighted by molar-refractivity contribution is 5.80. The van der Waals surface area contributed by atoms with Gasteiger partial charge in [0.2, 0.25) is 5.91 Å². The lowest BCUT2D eigenvalue weighted by atomic mass is 9.82. The van der Waals surface area contributed by atoms with Gasteiger partial charge in [-0.05, 0) is 31.1 Å². The Morgan fingerprint density at radius 3 is 2.63 bits per heavy atom. The Morgan fingerprint density at radius 2 is 2.16 bits per heavy atom. The van der Waals surface area contributed by atoms with Crippen LogP contribution in [0.25, 0.3) is 0 Å². The molecular formula is C16H26N2O. The van der Waals surface area contributed by atoms with Crippen LogP contribution in [0.15, 0.2) is 11.6 Å². The molecule has 3 aliphatic rings. The van der Waals surface area contributed by atoms with Gasteiger partial charge in [-0.25, -0.2) is 0 Å². The average Bonchev–Trinajstić information content (AvgIpc) is 2.99. The molecule has 3 aliphatic heterocycles. The lowest BCUT2D eigenvalue weighted by molar-refractivity contribution is -0.135. The van der Waals surface area contributed by atoms with Gasteiger partial charge in [0.1, 0.15) is 0 Å². The van der Waals surface area contributed by atoms with Gasteiger partial charge in [-0.3, -0.25) is 4.79 Å². The summed E-state index contributed by atoms with van der Waals surface area (Å²) in [6.45, 7) is 8.51. The van der Waals surface area contributed by atoms with Crippen molar-refractivity contribution in [2.75, 3.05) is 13.1 Å². The maximum Gasteiger partial charge on any atom is 0.227 e. The van der Waals surface area contributed by atoms with Crippen LogP contribution in [0, 0.1) is 11.3 Å². The van der Waals surface area contributed by atoms with Gasteiger partial charge in [0.25, 0.3) is 0 Å². The first kappa shape index (κ1) is 13.2. The summed E-state index contributed by atoms with van der Waals surface area (Å²) in [6.07, 6.45) is 6.85. The fourth-order valence-corrected chi connectivity index (χ4v) is 3.88. The van der Waals surface area contributed by atoms with E-state index in [4.69, 9.17) is 0 Å². The second-order valence-corrected chi connectivity index (χ2v) is 7.40. The molecule has 0 radical (unpaired) electrons. The summed E-state index contributed by atoms with van der Waals surface area (Å²) < 4.78 is 0. The van der Waals surface area contributed by atoms with Crippen LogP contribution in [-0.4, -0.2) is 36.0 Å². The molecule has 3 heteroatoms. The van der Waals surface area contributed by atoms with Crippen LogP contribution >= 0.6 is 0 Å². The van der Waals surface area contributed by atoms with Crippen molar-refractivity contribution in [2.24, 2.45) is 11.3 Å². The first-order chi connectivity index (χ1) is 8.95. The number of fused-ring (bicyclic) bond motifs is 2. The molecule has 2 saturated heterocycles. The fourth-order valence-electron chi connectivity index (χ4n) is 3.88. The van der Waals surface area contributed by atoms with E-state index in [1.807, 2.05) is 0 Å². The van der Waals surface area contributed by atoms with Crippen LogP contribution in [0.2, 0.25) is 0 Å². The molecule has 1 N–H and O–H groups in total. The molecule has 3 rings (SSSR count). The minimum atomic E-state index is 0.253. The maximum atomic E-state index is 12.6. The lowest BCUT2D eigenvalue weighted by Crippen LogP contribution is -2.43. The zero-order valence-corrected chi connectivity index (χ0v) is 12.4. The Balaban J connectivity index is 1.63. The Morgan fingerprint density at radius 1 is 1.37 bits per heavy atom. The van der Waals surface area contributed by atoms with Gasteiger partial charge in [-0.1, -0.05) is 32.4 Å². The number of nitrogens with zero attached hydrogens (tertiary/aromatic N) is 1. The number of carbonyl (C=O) groups is 1. The molecular weight excluding hydrogens is 236 g/mol. The first-order valence-electron chi connectivity index (χ1n) is 7.69. The molecule has 0 saturated carbocycles. The van der Waals surface area contributed by atoms with E-state index in [9.17, 15) is 4.79 Å². The molecule has 0 aromatic carbocycles. The number of rotatable bonds is 1. The van der Waals surface area contributed by atoms with E-state index in [0.29, 0.717) is 18.0 Å². The highest BCUT2D eigenvalue weighted by atomic mass is 16.2. The van der Waals surface area contributed by atoms with Gasteiger partial charge < -0.3 is 10.2 Å². The monoisotopic (exact) mass is 262 g/mol. The van der Waals surface area contributed by atoms with Gasteiger partial charge in [0.05, 0.1) is 5.92 Å². The van der Waals surface area contributed by atoms with Gasteiger partial charge >= 0.3 is 0 Å².